The van der Waals surface area contributed by atoms with Gasteiger partial charge in [-0.25, -0.2) is 9.97 Å². The zero-order chi connectivity index (χ0) is 13.1. The average Bonchev–Trinajstić information content (AvgIpc) is 2.49. The van der Waals surface area contributed by atoms with Gasteiger partial charge in [0.25, 0.3) is 0 Å². The molecule has 0 fully saturated rings. The summed E-state index contributed by atoms with van der Waals surface area (Å²) < 4.78 is 0. The summed E-state index contributed by atoms with van der Waals surface area (Å²) in [5.41, 5.74) is 7.81. The Kier molecular flexibility index (Phi) is 3.39. The van der Waals surface area contributed by atoms with E-state index in [1.54, 1.807) is 24.3 Å². The van der Waals surface area contributed by atoms with E-state index in [9.17, 15) is 0 Å². The van der Waals surface area contributed by atoms with Crippen LogP contribution in [0.3, 0.4) is 0 Å². The third kappa shape index (κ3) is 2.43. The molecular formula is C14H12N4S. The van der Waals surface area contributed by atoms with Crippen molar-refractivity contribution in [2.75, 3.05) is 0 Å². The van der Waals surface area contributed by atoms with Gasteiger partial charge in [-0.3, -0.25) is 4.98 Å². The summed E-state index contributed by atoms with van der Waals surface area (Å²) in [7, 11) is 0. The van der Waals surface area contributed by atoms with Gasteiger partial charge in [-0.15, -0.1) is 0 Å². The van der Waals surface area contributed by atoms with E-state index in [0.717, 1.165) is 26.4 Å². The van der Waals surface area contributed by atoms with Crippen molar-refractivity contribution < 1.29 is 0 Å². The van der Waals surface area contributed by atoms with Gasteiger partial charge in [0.05, 0.1) is 5.52 Å². The van der Waals surface area contributed by atoms with Crippen LogP contribution < -0.4 is 5.73 Å². The molecular weight excluding hydrogens is 256 g/mol. The van der Waals surface area contributed by atoms with Crippen LogP contribution in [0.5, 0.6) is 0 Å². The number of hydrogen-bond donors (Lipinski definition) is 1. The number of aromatic nitrogens is 3. The molecule has 1 aromatic carbocycles. The Labute approximate surface area is 115 Å². The highest BCUT2D eigenvalue weighted by Gasteiger charge is 2.09. The van der Waals surface area contributed by atoms with Crippen molar-refractivity contribution in [3.8, 4) is 0 Å². The number of hydrogen-bond acceptors (Lipinski definition) is 5. The van der Waals surface area contributed by atoms with E-state index < -0.39 is 0 Å². The van der Waals surface area contributed by atoms with Gasteiger partial charge in [0.1, 0.15) is 11.4 Å². The molecule has 4 nitrogen and oxygen atoms in total. The molecule has 0 radical (unpaired) electrons. The Morgan fingerprint density at radius 3 is 2.79 bits per heavy atom. The van der Waals surface area contributed by atoms with Crippen LogP contribution in [0.15, 0.2) is 59.0 Å². The van der Waals surface area contributed by atoms with Crippen LogP contribution in [0.1, 0.15) is 5.56 Å². The molecule has 3 rings (SSSR count). The predicted octanol–water partition coefficient (Wildman–Crippen LogP) is 2.63. The number of benzene rings is 1. The van der Waals surface area contributed by atoms with Gasteiger partial charge >= 0.3 is 0 Å². The SMILES string of the molecule is NCc1cnc2ccccc2c1Sc1ccncn1. The lowest BCUT2D eigenvalue weighted by molar-refractivity contribution is 1.01. The summed E-state index contributed by atoms with van der Waals surface area (Å²) in [6.07, 6.45) is 5.13. The molecule has 0 aliphatic carbocycles. The second-order valence-corrected chi connectivity index (χ2v) is 5.01. The van der Waals surface area contributed by atoms with Crippen molar-refractivity contribution in [2.45, 2.75) is 16.5 Å². The molecule has 2 aromatic heterocycles. The molecule has 0 atom stereocenters. The molecule has 2 N–H and O–H groups in total. The number of rotatable bonds is 3. The van der Waals surface area contributed by atoms with Gasteiger partial charge in [-0.05, 0) is 17.7 Å². The van der Waals surface area contributed by atoms with Crippen molar-refractivity contribution >= 4 is 22.7 Å². The minimum absolute atomic E-state index is 0.464. The lowest BCUT2D eigenvalue weighted by atomic mass is 10.1. The predicted molar refractivity (Wildman–Crippen MR) is 75.8 cm³/mol. The van der Waals surface area contributed by atoms with Crippen LogP contribution in [0.4, 0.5) is 0 Å². The third-order valence-electron chi connectivity index (χ3n) is 2.78. The zero-order valence-electron chi connectivity index (χ0n) is 10.2. The van der Waals surface area contributed by atoms with Crippen LogP contribution in [-0.4, -0.2) is 15.0 Å². The maximum Gasteiger partial charge on any atom is 0.116 e. The molecule has 0 aliphatic heterocycles. The zero-order valence-corrected chi connectivity index (χ0v) is 11.0. The minimum Gasteiger partial charge on any atom is -0.326 e. The summed E-state index contributed by atoms with van der Waals surface area (Å²) in [6, 6.07) is 9.94. The Balaban J connectivity index is 2.15. The highest BCUT2D eigenvalue weighted by atomic mass is 32.2. The Bertz CT molecular complexity index is 700. The number of pyridine rings is 1. The highest BCUT2D eigenvalue weighted by molar-refractivity contribution is 7.99. The lowest BCUT2D eigenvalue weighted by Gasteiger charge is -2.10. The van der Waals surface area contributed by atoms with Gasteiger partial charge in [0, 0.05) is 29.2 Å². The first kappa shape index (κ1) is 12.1. The first-order chi connectivity index (χ1) is 9.38. The molecule has 5 heteroatoms. The van der Waals surface area contributed by atoms with E-state index in [2.05, 4.69) is 21.0 Å². The van der Waals surface area contributed by atoms with Gasteiger partial charge < -0.3 is 5.73 Å². The molecule has 3 aromatic rings. The van der Waals surface area contributed by atoms with Crippen molar-refractivity contribution in [1.82, 2.24) is 15.0 Å². The Morgan fingerprint density at radius 1 is 1.11 bits per heavy atom. The van der Waals surface area contributed by atoms with Crippen molar-refractivity contribution in [1.29, 1.82) is 0 Å². The van der Waals surface area contributed by atoms with Crippen LogP contribution in [0, 0.1) is 0 Å². The average molecular weight is 268 g/mol. The van der Waals surface area contributed by atoms with Gasteiger partial charge in [0.2, 0.25) is 0 Å². The second-order valence-electron chi connectivity index (χ2n) is 3.98. The quantitative estimate of drug-likeness (QED) is 0.740. The number of nitrogens with two attached hydrogens (primary N) is 1. The normalized spacial score (nSPS) is 10.8. The Morgan fingerprint density at radius 2 is 2.00 bits per heavy atom. The third-order valence-corrected chi connectivity index (χ3v) is 3.92. The molecule has 0 amide bonds. The second kappa shape index (κ2) is 5.34. The molecule has 0 spiro atoms. The Hall–Kier alpha value is -1.98. The summed E-state index contributed by atoms with van der Waals surface area (Å²) in [5.74, 6) is 0. The van der Waals surface area contributed by atoms with E-state index >= 15 is 0 Å². The highest BCUT2D eigenvalue weighted by Crippen LogP contribution is 2.34. The van der Waals surface area contributed by atoms with E-state index in [4.69, 9.17) is 5.73 Å². The monoisotopic (exact) mass is 268 g/mol. The largest absolute Gasteiger partial charge is 0.326 e. The first-order valence-corrected chi connectivity index (χ1v) is 6.70. The molecule has 0 aliphatic rings. The fourth-order valence-electron chi connectivity index (χ4n) is 1.87. The van der Waals surface area contributed by atoms with Crippen molar-refractivity contribution in [3.05, 3.63) is 54.6 Å². The van der Waals surface area contributed by atoms with Gasteiger partial charge in [-0.2, -0.15) is 0 Å². The van der Waals surface area contributed by atoms with E-state index in [1.165, 1.54) is 0 Å². The maximum absolute atomic E-state index is 5.81. The number of fused-ring (bicyclic) bond motifs is 1. The molecule has 0 saturated heterocycles. The molecule has 0 saturated carbocycles. The topological polar surface area (TPSA) is 64.7 Å². The molecule has 2 heterocycles. The summed E-state index contributed by atoms with van der Waals surface area (Å²) >= 11 is 1.60. The van der Waals surface area contributed by atoms with Crippen LogP contribution in [0.2, 0.25) is 0 Å². The molecule has 0 bridgehead atoms. The van der Waals surface area contributed by atoms with Gasteiger partial charge in [0.15, 0.2) is 0 Å². The fourth-order valence-corrected chi connectivity index (χ4v) is 2.85. The van der Waals surface area contributed by atoms with E-state index in [1.807, 2.05) is 30.5 Å². The molecule has 0 unspecified atom stereocenters. The van der Waals surface area contributed by atoms with E-state index in [-0.39, 0.29) is 0 Å². The van der Waals surface area contributed by atoms with Crippen LogP contribution in [-0.2, 0) is 6.54 Å². The first-order valence-electron chi connectivity index (χ1n) is 5.89. The van der Waals surface area contributed by atoms with Gasteiger partial charge in [-0.1, -0.05) is 30.0 Å². The smallest absolute Gasteiger partial charge is 0.116 e. The van der Waals surface area contributed by atoms with Crippen LogP contribution in [0.25, 0.3) is 10.9 Å². The maximum atomic E-state index is 5.81. The van der Waals surface area contributed by atoms with E-state index in [0.29, 0.717) is 6.54 Å². The molecule has 19 heavy (non-hydrogen) atoms. The summed E-state index contributed by atoms with van der Waals surface area (Å²) in [5, 5.41) is 2.01. The van der Waals surface area contributed by atoms with Crippen LogP contribution >= 0.6 is 11.8 Å². The fraction of sp³-hybridized carbons (Fsp3) is 0.0714. The lowest BCUT2D eigenvalue weighted by Crippen LogP contribution is -2.00. The minimum atomic E-state index is 0.464. The molecule has 94 valence electrons. The summed E-state index contributed by atoms with van der Waals surface area (Å²) in [4.78, 5) is 13.7. The van der Waals surface area contributed by atoms with Crippen molar-refractivity contribution in [2.24, 2.45) is 5.73 Å². The number of nitrogens with zero attached hydrogens (tertiary/aromatic N) is 3. The van der Waals surface area contributed by atoms with Crippen molar-refractivity contribution in [3.63, 3.8) is 0 Å². The summed E-state index contributed by atoms with van der Waals surface area (Å²) in [6.45, 7) is 0.464. The standard InChI is InChI=1S/C14H12N4S/c15-7-10-8-17-12-4-2-1-3-11(12)14(10)19-13-5-6-16-9-18-13/h1-6,8-9H,7,15H2. The number of para-hydroxylation sites is 1.